The van der Waals surface area contributed by atoms with Crippen LogP contribution in [0.25, 0.3) is 0 Å². The molecular formula is C17H15ClN4O. The monoisotopic (exact) mass is 326 g/mol. The first kappa shape index (κ1) is 13.4. The van der Waals surface area contributed by atoms with Gasteiger partial charge in [0.2, 0.25) is 0 Å². The van der Waals surface area contributed by atoms with E-state index in [2.05, 4.69) is 11.2 Å². The highest BCUT2D eigenvalue weighted by Crippen LogP contribution is 2.70. The van der Waals surface area contributed by atoms with Crippen LogP contribution in [0.4, 0.5) is 0 Å². The third kappa shape index (κ3) is 1.57. The molecule has 0 radical (unpaired) electrons. The molecule has 116 valence electrons. The Kier molecular flexibility index (Phi) is 2.37. The van der Waals surface area contributed by atoms with Crippen molar-refractivity contribution in [2.24, 2.45) is 5.41 Å². The van der Waals surface area contributed by atoms with Crippen LogP contribution in [0.3, 0.4) is 0 Å². The zero-order chi connectivity index (χ0) is 15.8. The van der Waals surface area contributed by atoms with Crippen molar-refractivity contribution in [1.29, 1.82) is 5.26 Å². The van der Waals surface area contributed by atoms with Crippen LogP contribution in [0, 0.1) is 16.7 Å². The summed E-state index contributed by atoms with van der Waals surface area (Å²) >= 11 is 6.10. The molecule has 0 spiro atoms. The van der Waals surface area contributed by atoms with E-state index in [9.17, 15) is 10.1 Å². The van der Waals surface area contributed by atoms with Gasteiger partial charge in [-0.2, -0.15) is 10.4 Å². The number of aryl methyl sites for hydroxylation is 1. The summed E-state index contributed by atoms with van der Waals surface area (Å²) in [7, 11) is 0. The summed E-state index contributed by atoms with van der Waals surface area (Å²) in [5.74, 6) is 0.857. The van der Waals surface area contributed by atoms with E-state index in [1.54, 1.807) is 4.68 Å². The third-order valence-electron chi connectivity index (χ3n) is 5.76. The maximum absolute atomic E-state index is 12.9. The zero-order valence-corrected chi connectivity index (χ0v) is 13.3. The van der Waals surface area contributed by atoms with Crippen molar-refractivity contribution < 1.29 is 0 Å². The second-order valence-corrected chi connectivity index (χ2v) is 7.67. The Balaban J connectivity index is 1.55. The van der Waals surface area contributed by atoms with Crippen LogP contribution in [-0.4, -0.2) is 14.3 Å². The predicted molar refractivity (Wildman–Crippen MR) is 84.3 cm³/mol. The van der Waals surface area contributed by atoms with Crippen LogP contribution >= 0.6 is 11.6 Å². The average Bonchev–Trinajstić information content (AvgIpc) is 2.99. The van der Waals surface area contributed by atoms with Crippen molar-refractivity contribution in [3.8, 4) is 6.07 Å². The second kappa shape index (κ2) is 4.07. The summed E-state index contributed by atoms with van der Waals surface area (Å²) < 4.78 is 3.49. The van der Waals surface area contributed by atoms with Crippen LogP contribution < -0.4 is 5.69 Å². The topological polar surface area (TPSA) is 63.6 Å². The summed E-state index contributed by atoms with van der Waals surface area (Å²) in [6.07, 6.45) is 4.00. The molecule has 3 fully saturated rings. The van der Waals surface area contributed by atoms with E-state index in [0.717, 1.165) is 43.5 Å². The fourth-order valence-electron chi connectivity index (χ4n) is 4.71. The van der Waals surface area contributed by atoms with E-state index in [-0.39, 0.29) is 22.7 Å². The first-order valence-corrected chi connectivity index (χ1v) is 8.31. The van der Waals surface area contributed by atoms with Gasteiger partial charge in [-0.05, 0) is 43.4 Å². The van der Waals surface area contributed by atoms with E-state index in [0.29, 0.717) is 5.02 Å². The standard InChI is InChI=1S/C17H15ClN4O/c18-12-3-1-2-11(6-12)13-4-5-14-20-22(15(23)21(13)14)17-7-16(8-17,9-17)10-19/h1-3,6,13H,4-5,7-9H2/t13-,16?,17?/m0/s1. The third-order valence-corrected chi connectivity index (χ3v) is 5.99. The van der Waals surface area contributed by atoms with Gasteiger partial charge in [0.05, 0.1) is 23.1 Å². The highest BCUT2D eigenvalue weighted by atomic mass is 35.5. The largest absolute Gasteiger partial charge is 0.347 e. The molecule has 6 rings (SSSR count). The van der Waals surface area contributed by atoms with Gasteiger partial charge >= 0.3 is 5.69 Å². The maximum Gasteiger partial charge on any atom is 0.347 e. The second-order valence-electron chi connectivity index (χ2n) is 7.24. The molecule has 5 nitrogen and oxygen atoms in total. The highest BCUT2D eigenvalue weighted by molar-refractivity contribution is 6.30. The van der Waals surface area contributed by atoms with Crippen molar-refractivity contribution in [3.05, 3.63) is 51.2 Å². The smallest absolute Gasteiger partial charge is 0.271 e. The first-order chi connectivity index (χ1) is 11.1. The quantitative estimate of drug-likeness (QED) is 0.852. The molecule has 23 heavy (non-hydrogen) atoms. The Morgan fingerprint density at radius 1 is 1.35 bits per heavy atom. The molecule has 3 aliphatic carbocycles. The lowest BCUT2D eigenvalue weighted by Gasteiger charge is -2.65. The Hall–Kier alpha value is -2.06. The van der Waals surface area contributed by atoms with Crippen LogP contribution in [0.2, 0.25) is 5.02 Å². The van der Waals surface area contributed by atoms with Crippen molar-refractivity contribution in [3.63, 3.8) is 0 Å². The molecule has 3 saturated carbocycles. The zero-order valence-electron chi connectivity index (χ0n) is 12.5. The molecule has 0 saturated heterocycles. The van der Waals surface area contributed by atoms with Crippen LogP contribution in [0.15, 0.2) is 29.1 Å². The SMILES string of the molecule is N#CC12CC(n3nc4n(c3=O)[C@H](c3cccc(Cl)c3)CC4)(C1)C2. The molecule has 6 heteroatoms. The number of nitrogens with zero attached hydrogens (tertiary/aromatic N) is 4. The Morgan fingerprint density at radius 2 is 2.13 bits per heavy atom. The molecule has 0 N–H and O–H groups in total. The number of fused-ring (bicyclic) bond motifs is 1. The van der Waals surface area contributed by atoms with E-state index < -0.39 is 0 Å². The van der Waals surface area contributed by atoms with Gasteiger partial charge in [-0.1, -0.05) is 23.7 Å². The number of hydrogen-bond donors (Lipinski definition) is 0. The summed E-state index contributed by atoms with van der Waals surface area (Å²) in [6.45, 7) is 0. The highest BCUT2D eigenvalue weighted by Gasteiger charge is 2.71. The molecule has 4 aliphatic rings. The molecule has 0 unspecified atom stereocenters. The van der Waals surface area contributed by atoms with Gasteiger partial charge in [0.1, 0.15) is 5.82 Å². The minimum absolute atomic E-state index is 0.0160. The van der Waals surface area contributed by atoms with Crippen molar-refractivity contribution >= 4 is 11.6 Å². The van der Waals surface area contributed by atoms with E-state index >= 15 is 0 Å². The van der Waals surface area contributed by atoms with Crippen molar-refractivity contribution in [2.45, 2.75) is 43.7 Å². The van der Waals surface area contributed by atoms with Gasteiger partial charge in [-0.3, -0.25) is 4.57 Å². The summed E-state index contributed by atoms with van der Waals surface area (Å²) in [6, 6.07) is 10.1. The molecule has 2 aromatic rings. The molecule has 1 aromatic heterocycles. The molecule has 0 amide bonds. The van der Waals surface area contributed by atoms with Crippen molar-refractivity contribution in [2.75, 3.05) is 0 Å². The van der Waals surface area contributed by atoms with Crippen LogP contribution in [-0.2, 0) is 12.0 Å². The molecule has 1 atom stereocenters. The summed E-state index contributed by atoms with van der Waals surface area (Å²) in [5, 5.41) is 14.5. The van der Waals surface area contributed by atoms with Crippen LogP contribution in [0.1, 0.15) is 43.1 Å². The minimum atomic E-state index is -0.191. The molecule has 2 heterocycles. The maximum atomic E-state index is 12.9. The fourth-order valence-corrected chi connectivity index (χ4v) is 4.91. The average molecular weight is 327 g/mol. The Labute approximate surface area is 138 Å². The van der Waals surface area contributed by atoms with Gasteiger partial charge in [-0.15, -0.1) is 0 Å². The normalized spacial score (nSPS) is 33.5. The van der Waals surface area contributed by atoms with Crippen LogP contribution in [0.5, 0.6) is 0 Å². The molecule has 1 aromatic carbocycles. The molecule has 1 aliphatic heterocycles. The Morgan fingerprint density at radius 3 is 2.83 bits per heavy atom. The predicted octanol–water partition coefficient (Wildman–Crippen LogP) is 2.64. The van der Waals surface area contributed by atoms with E-state index in [1.807, 2.05) is 28.8 Å². The molecule has 2 bridgehead atoms. The summed E-state index contributed by atoms with van der Waals surface area (Å²) in [5.41, 5.74) is 0.654. The van der Waals surface area contributed by atoms with Crippen molar-refractivity contribution in [1.82, 2.24) is 14.3 Å². The van der Waals surface area contributed by atoms with Gasteiger partial charge in [0.25, 0.3) is 0 Å². The number of aromatic nitrogens is 3. The number of rotatable bonds is 2. The minimum Gasteiger partial charge on any atom is -0.271 e. The lowest BCUT2D eigenvalue weighted by Crippen LogP contribution is -2.69. The van der Waals surface area contributed by atoms with Gasteiger partial charge in [-0.25, -0.2) is 9.48 Å². The number of halogens is 1. The van der Waals surface area contributed by atoms with E-state index in [1.165, 1.54) is 0 Å². The fraction of sp³-hybridized carbons (Fsp3) is 0.471. The number of hydrogen-bond acceptors (Lipinski definition) is 3. The van der Waals surface area contributed by atoms with Gasteiger partial charge in [0.15, 0.2) is 0 Å². The number of benzene rings is 1. The van der Waals surface area contributed by atoms with Gasteiger partial charge in [0, 0.05) is 11.4 Å². The van der Waals surface area contributed by atoms with Gasteiger partial charge < -0.3 is 0 Å². The summed E-state index contributed by atoms with van der Waals surface area (Å²) in [4.78, 5) is 12.9. The molecular weight excluding hydrogens is 312 g/mol. The number of nitriles is 1. The lowest BCUT2D eigenvalue weighted by molar-refractivity contribution is -0.155. The first-order valence-electron chi connectivity index (χ1n) is 7.94. The van der Waals surface area contributed by atoms with E-state index in [4.69, 9.17) is 11.6 Å². The Bertz CT molecular complexity index is 915. The lowest BCUT2D eigenvalue weighted by atomic mass is 9.40.